The smallest absolute Gasteiger partial charge is 0.442 e. The standard InChI is InChI=1S/C17H18F4O2/c1-11-2-6-13(7-3-11)16(22)23-14-8-4-12(5-9-14)10-15(18)17(19,20)21/h2-3,6-7,10,12,14H,4-5,8-9H2,1H3. The highest BCUT2D eigenvalue weighted by atomic mass is 19.4. The minimum atomic E-state index is -4.92. The highest BCUT2D eigenvalue weighted by Gasteiger charge is 2.35. The van der Waals surface area contributed by atoms with Crippen LogP contribution in [0.5, 0.6) is 0 Å². The number of halogens is 4. The second-order valence-electron chi connectivity index (χ2n) is 5.82. The average molecular weight is 330 g/mol. The summed E-state index contributed by atoms with van der Waals surface area (Å²) in [7, 11) is 0. The van der Waals surface area contributed by atoms with Crippen LogP contribution in [-0.2, 0) is 4.74 Å². The first-order valence-electron chi connectivity index (χ1n) is 7.48. The molecule has 6 heteroatoms. The van der Waals surface area contributed by atoms with Gasteiger partial charge in [-0.1, -0.05) is 17.7 Å². The lowest BCUT2D eigenvalue weighted by molar-refractivity contribution is -0.109. The normalized spacial score (nSPS) is 22.7. The summed E-state index contributed by atoms with van der Waals surface area (Å²) in [6, 6.07) is 6.95. The zero-order chi connectivity index (χ0) is 17.0. The van der Waals surface area contributed by atoms with E-state index in [1.807, 2.05) is 6.92 Å². The number of carbonyl (C=O) groups is 1. The minimum Gasteiger partial charge on any atom is -0.459 e. The van der Waals surface area contributed by atoms with E-state index in [0.717, 1.165) is 5.56 Å². The molecule has 0 spiro atoms. The van der Waals surface area contributed by atoms with Gasteiger partial charge in [-0.05, 0) is 56.7 Å². The SMILES string of the molecule is Cc1ccc(C(=O)OC2CCC(C=C(F)C(F)(F)F)CC2)cc1. The van der Waals surface area contributed by atoms with Crippen LogP contribution in [-0.4, -0.2) is 18.2 Å². The zero-order valence-electron chi connectivity index (χ0n) is 12.7. The fourth-order valence-electron chi connectivity index (χ4n) is 2.58. The third-order valence-electron chi connectivity index (χ3n) is 3.93. The Balaban J connectivity index is 1.85. The Bertz CT molecular complexity index is 567. The van der Waals surface area contributed by atoms with Gasteiger partial charge in [-0.25, -0.2) is 9.18 Å². The van der Waals surface area contributed by atoms with Gasteiger partial charge in [0.25, 0.3) is 0 Å². The van der Waals surface area contributed by atoms with Crippen LogP contribution < -0.4 is 0 Å². The maximum absolute atomic E-state index is 12.9. The molecule has 0 aromatic heterocycles. The Kier molecular flexibility index (Phi) is 5.44. The Labute approximate surface area is 132 Å². The molecule has 1 aromatic rings. The monoisotopic (exact) mass is 330 g/mol. The molecule has 0 amide bonds. The molecule has 1 aromatic carbocycles. The van der Waals surface area contributed by atoms with Gasteiger partial charge < -0.3 is 4.74 Å². The van der Waals surface area contributed by atoms with Crippen LogP contribution in [0, 0.1) is 12.8 Å². The molecular weight excluding hydrogens is 312 g/mol. The van der Waals surface area contributed by atoms with Gasteiger partial charge in [-0.2, -0.15) is 13.2 Å². The van der Waals surface area contributed by atoms with Gasteiger partial charge in [0, 0.05) is 0 Å². The predicted octanol–water partition coefficient (Wildman–Crippen LogP) is 5.13. The summed E-state index contributed by atoms with van der Waals surface area (Å²) in [5.74, 6) is -2.95. The van der Waals surface area contributed by atoms with Crippen LogP contribution in [0.25, 0.3) is 0 Å². The van der Waals surface area contributed by atoms with Crippen LogP contribution in [0.15, 0.2) is 36.2 Å². The quantitative estimate of drug-likeness (QED) is 0.567. The van der Waals surface area contributed by atoms with Gasteiger partial charge in [0.05, 0.1) is 5.56 Å². The van der Waals surface area contributed by atoms with Crippen molar-refractivity contribution in [1.29, 1.82) is 0 Å². The maximum atomic E-state index is 12.9. The average Bonchev–Trinajstić information content (AvgIpc) is 2.49. The first-order valence-corrected chi connectivity index (χ1v) is 7.48. The Hall–Kier alpha value is -1.85. The van der Waals surface area contributed by atoms with E-state index in [-0.39, 0.29) is 6.10 Å². The van der Waals surface area contributed by atoms with E-state index in [1.54, 1.807) is 24.3 Å². The fraction of sp³-hybridized carbons (Fsp3) is 0.471. The van der Waals surface area contributed by atoms with E-state index >= 15 is 0 Å². The third-order valence-corrected chi connectivity index (χ3v) is 3.93. The van der Waals surface area contributed by atoms with Crippen LogP contribution >= 0.6 is 0 Å². The Morgan fingerprint density at radius 1 is 1.13 bits per heavy atom. The molecule has 2 nitrogen and oxygen atoms in total. The summed E-state index contributed by atoms with van der Waals surface area (Å²) in [5.41, 5.74) is 1.47. The number of hydrogen-bond donors (Lipinski definition) is 0. The highest BCUT2D eigenvalue weighted by molar-refractivity contribution is 5.89. The molecule has 23 heavy (non-hydrogen) atoms. The van der Waals surface area contributed by atoms with Gasteiger partial charge in [0.2, 0.25) is 0 Å². The van der Waals surface area contributed by atoms with Crippen LogP contribution in [0.1, 0.15) is 41.6 Å². The van der Waals surface area contributed by atoms with Crippen molar-refractivity contribution in [3.05, 3.63) is 47.3 Å². The van der Waals surface area contributed by atoms with Gasteiger partial charge in [0.15, 0.2) is 5.83 Å². The van der Waals surface area contributed by atoms with Crippen molar-refractivity contribution in [3.8, 4) is 0 Å². The zero-order valence-corrected chi connectivity index (χ0v) is 12.7. The molecule has 0 atom stereocenters. The summed E-state index contributed by atoms with van der Waals surface area (Å²) in [5, 5.41) is 0. The number of aryl methyl sites for hydroxylation is 1. The van der Waals surface area contributed by atoms with E-state index in [9.17, 15) is 22.4 Å². The van der Waals surface area contributed by atoms with Crippen LogP contribution in [0.2, 0.25) is 0 Å². The number of benzene rings is 1. The van der Waals surface area contributed by atoms with Crippen molar-refractivity contribution in [1.82, 2.24) is 0 Å². The molecule has 0 aliphatic heterocycles. The summed E-state index contributed by atoms with van der Waals surface area (Å²) in [6.07, 6.45) is -3.01. The first-order chi connectivity index (χ1) is 10.8. The molecule has 2 rings (SSSR count). The van der Waals surface area contributed by atoms with Crippen LogP contribution in [0.3, 0.4) is 0 Å². The van der Waals surface area contributed by atoms with Crippen molar-refractivity contribution in [2.45, 2.75) is 44.9 Å². The van der Waals surface area contributed by atoms with E-state index in [2.05, 4.69) is 0 Å². The van der Waals surface area contributed by atoms with E-state index in [1.165, 1.54) is 0 Å². The van der Waals surface area contributed by atoms with Gasteiger partial charge in [0.1, 0.15) is 6.10 Å². The molecular formula is C17H18F4O2. The second-order valence-corrected chi connectivity index (χ2v) is 5.82. The minimum absolute atomic E-state index is 0.331. The van der Waals surface area contributed by atoms with Crippen molar-refractivity contribution >= 4 is 5.97 Å². The van der Waals surface area contributed by atoms with Crippen molar-refractivity contribution in [3.63, 3.8) is 0 Å². The number of allylic oxidation sites excluding steroid dienone is 2. The second kappa shape index (κ2) is 7.15. The Morgan fingerprint density at radius 2 is 1.70 bits per heavy atom. The highest BCUT2D eigenvalue weighted by Crippen LogP contribution is 2.33. The maximum Gasteiger partial charge on any atom is 0.442 e. The van der Waals surface area contributed by atoms with Gasteiger partial charge in [-0.15, -0.1) is 0 Å². The van der Waals surface area contributed by atoms with E-state index in [4.69, 9.17) is 4.74 Å². The molecule has 0 radical (unpaired) electrons. The van der Waals surface area contributed by atoms with Gasteiger partial charge >= 0.3 is 12.1 Å². The number of ether oxygens (including phenoxy) is 1. The molecule has 0 saturated heterocycles. The van der Waals surface area contributed by atoms with E-state index in [0.29, 0.717) is 37.3 Å². The molecule has 126 valence electrons. The number of rotatable bonds is 3. The molecule has 1 fully saturated rings. The Morgan fingerprint density at radius 3 is 2.22 bits per heavy atom. The lowest BCUT2D eigenvalue weighted by Gasteiger charge is -2.26. The lowest BCUT2D eigenvalue weighted by Crippen LogP contribution is -2.24. The largest absolute Gasteiger partial charge is 0.459 e. The van der Waals surface area contributed by atoms with E-state index < -0.39 is 23.9 Å². The number of alkyl halides is 3. The molecule has 1 aliphatic carbocycles. The topological polar surface area (TPSA) is 26.3 Å². The molecule has 1 aliphatic rings. The van der Waals surface area contributed by atoms with Gasteiger partial charge in [-0.3, -0.25) is 0 Å². The number of carbonyl (C=O) groups excluding carboxylic acids is 1. The fourth-order valence-corrected chi connectivity index (χ4v) is 2.58. The summed E-state index contributed by atoms with van der Waals surface area (Å²) in [4.78, 5) is 12.0. The lowest BCUT2D eigenvalue weighted by atomic mass is 9.87. The third kappa shape index (κ3) is 5.08. The van der Waals surface area contributed by atoms with Crippen molar-refractivity contribution in [2.75, 3.05) is 0 Å². The van der Waals surface area contributed by atoms with Crippen LogP contribution in [0.4, 0.5) is 17.6 Å². The molecule has 0 heterocycles. The summed E-state index contributed by atoms with van der Waals surface area (Å²) in [6.45, 7) is 1.91. The summed E-state index contributed by atoms with van der Waals surface area (Å²) >= 11 is 0. The molecule has 1 saturated carbocycles. The predicted molar refractivity (Wildman–Crippen MR) is 77.6 cm³/mol. The number of hydrogen-bond acceptors (Lipinski definition) is 2. The number of esters is 1. The van der Waals surface area contributed by atoms with Crippen molar-refractivity contribution in [2.24, 2.45) is 5.92 Å². The molecule has 0 N–H and O–H groups in total. The molecule has 0 bridgehead atoms. The summed E-state index contributed by atoms with van der Waals surface area (Å²) < 4.78 is 54.7. The first kappa shape index (κ1) is 17.5. The van der Waals surface area contributed by atoms with Crippen molar-refractivity contribution < 1.29 is 27.1 Å². The molecule has 0 unspecified atom stereocenters.